The standard InChI is InChI=1S/C28H24ClNO3/c1-18-15-22(30-26(31)16-19-7-4-3-5-8-19)17-24(29)27(18)21-13-11-20(12-14-21)23-9-6-10-25(33-2)28(23)32/h3-15,17,32H,16H2,1-2H3,(H,30,31). The van der Waals surface area contributed by atoms with E-state index < -0.39 is 0 Å². The van der Waals surface area contributed by atoms with Crippen LogP contribution in [-0.4, -0.2) is 18.1 Å². The molecule has 0 saturated carbocycles. The van der Waals surface area contributed by atoms with Gasteiger partial charge in [-0.15, -0.1) is 0 Å². The van der Waals surface area contributed by atoms with Crippen LogP contribution in [0.3, 0.4) is 0 Å². The summed E-state index contributed by atoms with van der Waals surface area (Å²) in [6.07, 6.45) is 0.303. The molecular weight excluding hydrogens is 434 g/mol. The average Bonchev–Trinajstić information content (AvgIpc) is 2.80. The van der Waals surface area contributed by atoms with E-state index in [1.165, 1.54) is 7.11 Å². The zero-order chi connectivity index (χ0) is 23.4. The highest BCUT2D eigenvalue weighted by Gasteiger charge is 2.13. The summed E-state index contributed by atoms with van der Waals surface area (Å²) >= 11 is 6.63. The Morgan fingerprint density at radius 2 is 1.64 bits per heavy atom. The molecule has 0 saturated heterocycles. The molecule has 4 aromatic rings. The number of methoxy groups -OCH3 is 1. The largest absolute Gasteiger partial charge is 0.504 e. The molecule has 2 N–H and O–H groups in total. The Bertz CT molecular complexity index is 1260. The summed E-state index contributed by atoms with van der Waals surface area (Å²) in [5.41, 5.74) is 5.99. The summed E-state index contributed by atoms with van der Waals surface area (Å²) in [5, 5.41) is 13.9. The van der Waals surface area contributed by atoms with Gasteiger partial charge in [0.25, 0.3) is 0 Å². The van der Waals surface area contributed by atoms with Gasteiger partial charge >= 0.3 is 0 Å². The number of hydrogen-bond donors (Lipinski definition) is 2. The molecule has 0 heterocycles. The number of hydrogen-bond acceptors (Lipinski definition) is 3. The van der Waals surface area contributed by atoms with Crippen molar-refractivity contribution in [1.82, 2.24) is 0 Å². The quantitative estimate of drug-likeness (QED) is 0.332. The van der Waals surface area contributed by atoms with E-state index in [9.17, 15) is 9.90 Å². The number of amides is 1. The van der Waals surface area contributed by atoms with Crippen LogP contribution in [0.2, 0.25) is 5.02 Å². The van der Waals surface area contributed by atoms with E-state index in [0.29, 0.717) is 28.4 Å². The van der Waals surface area contributed by atoms with Gasteiger partial charge in [0, 0.05) is 16.8 Å². The molecule has 0 spiro atoms. The van der Waals surface area contributed by atoms with Crippen molar-refractivity contribution < 1.29 is 14.6 Å². The Labute approximate surface area is 198 Å². The van der Waals surface area contributed by atoms with Crippen molar-refractivity contribution in [1.29, 1.82) is 0 Å². The Morgan fingerprint density at radius 3 is 2.30 bits per heavy atom. The zero-order valence-corrected chi connectivity index (χ0v) is 19.2. The first-order valence-corrected chi connectivity index (χ1v) is 10.9. The number of ether oxygens (including phenoxy) is 1. The van der Waals surface area contributed by atoms with E-state index in [1.807, 2.05) is 79.7 Å². The average molecular weight is 458 g/mol. The predicted molar refractivity (Wildman–Crippen MR) is 134 cm³/mol. The van der Waals surface area contributed by atoms with E-state index in [-0.39, 0.29) is 11.7 Å². The van der Waals surface area contributed by atoms with Crippen LogP contribution >= 0.6 is 11.6 Å². The lowest BCUT2D eigenvalue weighted by Crippen LogP contribution is -2.14. The molecule has 0 unspecified atom stereocenters. The normalized spacial score (nSPS) is 10.6. The molecule has 33 heavy (non-hydrogen) atoms. The van der Waals surface area contributed by atoms with Crippen LogP contribution in [0.25, 0.3) is 22.3 Å². The van der Waals surface area contributed by atoms with Gasteiger partial charge < -0.3 is 15.2 Å². The monoisotopic (exact) mass is 457 g/mol. The van der Waals surface area contributed by atoms with Crippen molar-refractivity contribution in [3.8, 4) is 33.8 Å². The number of carbonyl (C=O) groups excluding carboxylic acids is 1. The van der Waals surface area contributed by atoms with Crippen LogP contribution in [0.15, 0.2) is 84.9 Å². The number of anilines is 1. The van der Waals surface area contributed by atoms with Gasteiger partial charge in [0.05, 0.1) is 18.6 Å². The highest BCUT2D eigenvalue weighted by molar-refractivity contribution is 6.34. The SMILES string of the molecule is COc1cccc(-c2ccc(-c3c(C)cc(NC(=O)Cc4ccccc4)cc3Cl)cc2)c1O. The minimum Gasteiger partial charge on any atom is -0.504 e. The van der Waals surface area contributed by atoms with Crippen molar-refractivity contribution in [3.05, 3.63) is 101 Å². The van der Waals surface area contributed by atoms with Crippen LogP contribution in [0.5, 0.6) is 11.5 Å². The number of halogens is 1. The number of rotatable bonds is 6. The van der Waals surface area contributed by atoms with Gasteiger partial charge in [0.15, 0.2) is 11.5 Å². The van der Waals surface area contributed by atoms with E-state index in [4.69, 9.17) is 16.3 Å². The highest BCUT2D eigenvalue weighted by Crippen LogP contribution is 2.39. The van der Waals surface area contributed by atoms with E-state index in [2.05, 4.69) is 5.32 Å². The predicted octanol–water partition coefficient (Wildman–Crippen LogP) is 6.88. The van der Waals surface area contributed by atoms with Gasteiger partial charge in [-0.3, -0.25) is 4.79 Å². The van der Waals surface area contributed by atoms with E-state index >= 15 is 0 Å². The fourth-order valence-electron chi connectivity index (χ4n) is 3.90. The molecule has 0 aliphatic heterocycles. The van der Waals surface area contributed by atoms with E-state index in [1.54, 1.807) is 12.1 Å². The van der Waals surface area contributed by atoms with Crippen LogP contribution in [0.4, 0.5) is 5.69 Å². The molecule has 5 heteroatoms. The zero-order valence-electron chi connectivity index (χ0n) is 18.4. The Hall–Kier alpha value is -3.76. The Kier molecular flexibility index (Phi) is 6.66. The molecule has 0 fully saturated rings. The van der Waals surface area contributed by atoms with Gasteiger partial charge in [0.2, 0.25) is 5.91 Å². The van der Waals surface area contributed by atoms with Crippen LogP contribution in [0, 0.1) is 6.92 Å². The lowest BCUT2D eigenvalue weighted by molar-refractivity contribution is -0.115. The maximum atomic E-state index is 12.4. The first kappa shape index (κ1) is 22.4. The van der Waals surface area contributed by atoms with Gasteiger partial charge in [-0.25, -0.2) is 0 Å². The van der Waals surface area contributed by atoms with Crippen molar-refractivity contribution in [3.63, 3.8) is 0 Å². The summed E-state index contributed by atoms with van der Waals surface area (Å²) in [5.74, 6) is 0.449. The number of carbonyl (C=O) groups is 1. The third-order valence-electron chi connectivity index (χ3n) is 5.48. The number of benzene rings is 4. The lowest BCUT2D eigenvalue weighted by atomic mass is 9.96. The first-order chi connectivity index (χ1) is 16.0. The molecule has 4 aromatic carbocycles. The summed E-state index contributed by atoms with van der Waals surface area (Å²) in [7, 11) is 1.53. The number of aromatic hydroxyl groups is 1. The Morgan fingerprint density at radius 1 is 0.939 bits per heavy atom. The third kappa shape index (κ3) is 5.02. The summed E-state index contributed by atoms with van der Waals surface area (Å²) in [6.45, 7) is 1.97. The molecule has 0 aromatic heterocycles. The van der Waals surface area contributed by atoms with Crippen LogP contribution in [-0.2, 0) is 11.2 Å². The number of para-hydroxylation sites is 1. The number of aryl methyl sites for hydroxylation is 1. The fraction of sp³-hybridized carbons (Fsp3) is 0.107. The van der Waals surface area contributed by atoms with Crippen molar-refractivity contribution in [2.24, 2.45) is 0 Å². The second-order valence-corrected chi connectivity index (χ2v) is 8.20. The minimum atomic E-state index is -0.0909. The number of nitrogens with one attached hydrogen (secondary N) is 1. The molecule has 0 aliphatic carbocycles. The molecule has 0 aliphatic rings. The highest BCUT2D eigenvalue weighted by atomic mass is 35.5. The second kappa shape index (κ2) is 9.80. The summed E-state index contributed by atoms with van der Waals surface area (Å²) in [6, 6.07) is 26.5. The minimum absolute atomic E-state index is 0.0909. The number of phenols is 1. The maximum absolute atomic E-state index is 12.4. The third-order valence-corrected chi connectivity index (χ3v) is 5.78. The molecule has 166 valence electrons. The molecular formula is C28H24ClNO3. The topological polar surface area (TPSA) is 58.6 Å². The molecule has 4 rings (SSSR count). The Balaban J connectivity index is 1.55. The first-order valence-electron chi connectivity index (χ1n) is 10.6. The van der Waals surface area contributed by atoms with Crippen molar-refractivity contribution in [2.75, 3.05) is 12.4 Å². The molecule has 0 atom stereocenters. The summed E-state index contributed by atoms with van der Waals surface area (Å²) in [4.78, 5) is 12.4. The molecule has 0 bridgehead atoms. The van der Waals surface area contributed by atoms with E-state index in [0.717, 1.165) is 27.8 Å². The molecule has 1 amide bonds. The lowest BCUT2D eigenvalue weighted by Gasteiger charge is -2.14. The van der Waals surface area contributed by atoms with Crippen LogP contribution < -0.4 is 10.1 Å². The molecule has 4 nitrogen and oxygen atoms in total. The van der Waals surface area contributed by atoms with Crippen molar-refractivity contribution in [2.45, 2.75) is 13.3 Å². The van der Waals surface area contributed by atoms with Gasteiger partial charge in [-0.2, -0.15) is 0 Å². The van der Waals surface area contributed by atoms with Gasteiger partial charge in [-0.1, -0.05) is 78.3 Å². The summed E-state index contributed by atoms with van der Waals surface area (Å²) < 4.78 is 5.21. The molecule has 0 radical (unpaired) electrons. The van der Waals surface area contributed by atoms with Gasteiger partial charge in [0.1, 0.15) is 0 Å². The van der Waals surface area contributed by atoms with Crippen LogP contribution in [0.1, 0.15) is 11.1 Å². The van der Waals surface area contributed by atoms with Gasteiger partial charge in [-0.05, 0) is 47.4 Å². The maximum Gasteiger partial charge on any atom is 0.228 e. The van der Waals surface area contributed by atoms with Crippen molar-refractivity contribution >= 4 is 23.2 Å². The smallest absolute Gasteiger partial charge is 0.228 e. The second-order valence-electron chi connectivity index (χ2n) is 7.79. The number of phenolic OH excluding ortho intramolecular Hbond substituents is 1. The fourth-order valence-corrected chi connectivity index (χ4v) is 4.28.